The maximum atomic E-state index is 10.5. The third-order valence-electron chi connectivity index (χ3n) is 2.13. The number of carbonyl (C=O) groups is 1. The summed E-state index contributed by atoms with van der Waals surface area (Å²) in [5.74, 6) is -1.60. The van der Waals surface area contributed by atoms with Crippen LogP contribution in [0.1, 0.15) is 6.92 Å². The van der Waals surface area contributed by atoms with Crippen molar-refractivity contribution in [1.29, 1.82) is 0 Å². The Morgan fingerprint density at radius 2 is 2.20 bits per heavy atom. The predicted molar refractivity (Wildman–Crippen MR) is 52.2 cm³/mol. The molecule has 0 aromatic rings. The van der Waals surface area contributed by atoms with Crippen molar-refractivity contribution in [3.63, 3.8) is 0 Å². The normalized spacial score (nSPS) is 31.3. The Balaban J connectivity index is 3.04. The molecule has 0 aliphatic heterocycles. The summed E-state index contributed by atoms with van der Waals surface area (Å²) < 4.78 is 0. The van der Waals surface area contributed by atoms with Gasteiger partial charge in [-0.25, -0.2) is 4.79 Å². The highest BCUT2D eigenvalue weighted by Gasteiger charge is 2.36. The summed E-state index contributed by atoms with van der Waals surface area (Å²) in [6.07, 6.45) is 3.22. The van der Waals surface area contributed by atoms with Crippen LogP contribution in [-0.2, 0) is 4.79 Å². The van der Waals surface area contributed by atoms with E-state index in [1.54, 1.807) is 0 Å². The summed E-state index contributed by atoms with van der Waals surface area (Å²) in [6.45, 7) is 1.29. The lowest BCUT2D eigenvalue weighted by atomic mass is 9.89. The zero-order valence-corrected chi connectivity index (χ0v) is 8.08. The van der Waals surface area contributed by atoms with Gasteiger partial charge in [0, 0.05) is 5.57 Å². The first-order valence-electron chi connectivity index (χ1n) is 4.28. The highest BCUT2D eigenvalue weighted by atomic mass is 16.4. The molecule has 0 bridgehead atoms. The van der Waals surface area contributed by atoms with Crippen molar-refractivity contribution < 1.29 is 25.2 Å². The van der Waals surface area contributed by atoms with Crippen LogP contribution in [0.15, 0.2) is 35.6 Å². The number of aliphatic hydroxyl groups is 3. The molecule has 1 rings (SSSR count). The second-order valence-corrected chi connectivity index (χ2v) is 3.37. The minimum absolute atomic E-state index is 0.115. The molecule has 2 atom stereocenters. The van der Waals surface area contributed by atoms with Gasteiger partial charge >= 0.3 is 5.97 Å². The molecule has 4 N–H and O–H groups in total. The summed E-state index contributed by atoms with van der Waals surface area (Å²) >= 11 is 0. The highest BCUT2D eigenvalue weighted by molar-refractivity contribution is 5.86. The standard InChI is InChI=1S/C10H12O5/c1-6(9(13)14)5-10(15)4-2-3-7(11)8(10)12/h2-5,8,11-12,15H,1H3,(H,13,14)/b6-5+. The molecule has 0 saturated heterocycles. The number of aliphatic hydroxyl groups excluding tert-OH is 2. The average molecular weight is 212 g/mol. The van der Waals surface area contributed by atoms with Crippen LogP contribution in [0.25, 0.3) is 0 Å². The van der Waals surface area contributed by atoms with E-state index < -0.39 is 23.4 Å². The van der Waals surface area contributed by atoms with Gasteiger partial charge in [0.2, 0.25) is 0 Å². The van der Waals surface area contributed by atoms with Gasteiger partial charge in [-0.05, 0) is 25.2 Å². The first-order valence-corrected chi connectivity index (χ1v) is 4.28. The fraction of sp³-hybridized carbons (Fsp3) is 0.300. The van der Waals surface area contributed by atoms with Crippen LogP contribution in [0.4, 0.5) is 0 Å². The summed E-state index contributed by atoms with van der Waals surface area (Å²) in [6, 6.07) is 0. The van der Waals surface area contributed by atoms with E-state index in [0.717, 1.165) is 6.08 Å². The lowest BCUT2D eigenvalue weighted by Gasteiger charge is -2.29. The lowest BCUT2D eigenvalue weighted by molar-refractivity contribution is -0.132. The van der Waals surface area contributed by atoms with Crippen molar-refractivity contribution in [3.8, 4) is 0 Å². The number of carboxylic acid groups (broad SMARTS) is 1. The Bertz CT molecular complexity index is 366. The second-order valence-electron chi connectivity index (χ2n) is 3.37. The van der Waals surface area contributed by atoms with Crippen molar-refractivity contribution in [3.05, 3.63) is 35.6 Å². The first-order chi connectivity index (χ1) is 6.87. The maximum absolute atomic E-state index is 10.5. The lowest BCUT2D eigenvalue weighted by Crippen LogP contribution is -2.41. The molecule has 15 heavy (non-hydrogen) atoms. The van der Waals surface area contributed by atoms with Crippen molar-refractivity contribution >= 4 is 5.97 Å². The molecule has 0 saturated carbocycles. The molecular weight excluding hydrogens is 200 g/mol. The zero-order valence-electron chi connectivity index (χ0n) is 8.08. The van der Waals surface area contributed by atoms with Gasteiger partial charge in [-0.15, -0.1) is 0 Å². The third-order valence-corrected chi connectivity index (χ3v) is 2.13. The monoisotopic (exact) mass is 212 g/mol. The van der Waals surface area contributed by atoms with E-state index in [-0.39, 0.29) is 5.57 Å². The van der Waals surface area contributed by atoms with Crippen LogP contribution in [-0.4, -0.2) is 38.1 Å². The summed E-state index contributed by atoms with van der Waals surface area (Å²) in [4.78, 5) is 10.5. The van der Waals surface area contributed by atoms with E-state index in [0.29, 0.717) is 0 Å². The minimum atomic E-state index is -1.87. The Hall–Kier alpha value is -1.59. The van der Waals surface area contributed by atoms with Gasteiger partial charge in [-0.2, -0.15) is 0 Å². The van der Waals surface area contributed by atoms with Crippen LogP contribution >= 0.6 is 0 Å². The Morgan fingerprint density at radius 1 is 1.60 bits per heavy atom. The average Bonchev–Trinajstić information content (AvgIpc) is 2.14. The molecule has 82 valence electrons. The van der Waals surface area contributed by atoms with Gasteiger partial charge in [-0.3, -0.25) is 0 Å². The molecule has 1 aliphatic rings. The molecule has 5 heteroatoms. The van der Waals surface area contributed by atoms with E-state index in [2.05, 4.69) is 0 Å². The van der Waals surface area contributed by atoms with Gasteiger partial charge in [-0.1, -0.05) is 6.08 Å². The van der Waals surface area contributed by atoms with Crippen LogP contribution in [0.2, 0.25) is 0 Å². The fourth-order valence-corrected chi connectivity index (χ4v) is 1.26. The number of allylic oxidation sites excluding steroid dienone is 2. The quantitative estimate of drug-likeness (QED) is 0.487. The Kier molecular flexibility index (Phi) is 2.97. The molecule has 1 aliphatic carbocycles. The number of aliphatic carboxylic acids is 1. The van der Waals surface area contributed by atoms with Crippen LogP contribution in [0.5, 0.6) is 0 Å². The van der Waals surface area contributed by atoms with Gasteiger partial charge in [0.05, 0.1) is 0 Å². The molecule has 0 aromatic carbocycles. The Labute approximate surface area is 86.3 Å². The molecule has 2 unspecified atom stereocenters. The van der Waals surface area contributed by atoms with Crippen LogP contribution in [0.3, 0.4) is 0 Å². The van der Waals surface area contributed by atoms with Crippen molar-refractivity contribution in [2.24, 2.45) is 0 Å². The maximum Gasteiger partial charge on any atom is 0.331 e. The van der Waals surface area contributed by atoms with E-state index >= 15 is 0 Å². The van der Waals surface area contributed by atoms with E-state index in [1.165, 1.54) is 25.2 Å². The minimum Gasteiger partial charge on any atom is -0.509 e. The summed E-state index contributed by atoms with van der Waals surface area (Å²) in [5, 5.41) is 37.1. The predicted octanol–water partition coefficient (Wildman–Crippen LogP) is 0.121. The van der Waals surface area contributed by atoms with E-state index in [4.69, 9.17) is 5.11 Å². The largest absolute Gasteiger partial charge is 0.509 e. The molecule has 0 amide bonds. The molecule has 0 heterocycles. The van der Waals surface area contributed by atoms with Crippen molar-refractivity contribution in [1.82, 2.24) is 0 Å². The Morgan fingerprint density at radius 3 is 2.73 bits per heavy atom. The van der Waals surface area contributed by atoms with Gasteiger partial charge in [0.15, 0.2) is 0 Å². The van der Waals surface area contributed by atoms with Gasteiger partial charge in [0.1, 0.15) is 17.5 Å². The number of rotatable bonds is 2. The topological polar surface area (TPSA) is 98.0 Å². The molecule has 0 radical (unpaired) electrons. The second kappa shape index (κ2) is 3.88. The first kappa shape index (κ1) is 11.5. The highest BCUT2D eigenvalue weighted by Crippen LogP contribution is 2.25. The number of hydrogen-bond acceptors (Lipinski definition) is 4. The fourth-order valence-electron chi connectivity index (χ4n) is 1.26. The van der Waals surface area contributed by atoms with E-state index in [1.807, 2.05) is 0 Å². The number of hydrogen-bond donors (Lipinski definition) is 4. The molecule has 0 aromatic heterocycles. The molecular formula is C10H12O5. The SMILES string of the molecule is C/C(=C\C1(O)C=CC=C(O)C1O)C(=O)O. The third kappa shape index (κ3) is 2.26. The van der Waals surface area contributed by atoms with Crippen LogP contribution in [0, 0.1) is 0 Å². The molecule has 0 fully saturated rings. The van der Waals surface area contributed by atoms with Crippen LogP contribution < -0.4 is 0 Å². The van der Waals surface area contributed by atoms with Crippen molar-refractivity contribution in [2.75, 3.05) is 0 Å². The molecule has 5 nitrogen and oxygen atoms in total. The summed E-state index contributed by atoms with van der Waals surface area (Å²) in [7, 11) is 0. The van der Waals surface area contributed by atoms with Gasteiger partial charge in [0.25, 0.3) is 0 Å². The number of carboxylic acids is 1. The van der Waals surface area contributed by atoms with Gasteiger partial charge < -0.3 is 20.4 Å². The van der Waals surface area contributed by atoms with E-state index in [9.17, 15) is 20.1 Å². The molecule has 0 spiro atoms. The van der Waals surface area contributed by atoms with Crippen molar-refractivity contribution in [2.45, 2.75) is 18.6 Å². The zero-order chi connectivity index (χ0) is 11.6. The summed E-state index contributed by atoms with van der Waals surface area (Å²) in [5.41, 5.74) is -1.99. The smallest absolute Gasteiger partial charge is 0.331 e.